The number of phenols is 1. The number of ether oxygens (including phenoxy) is 1. The molecule has 2 N–H and O–H groups in total. The predicted octanol–water partition coefficient (Wildman–Crippen LogP) is 3.43. The molecule has 1 amide bonds. The number of aromatic hydroxyl groups is 1. The van der Waals surface area contributed by atoms with Gasteiger partial charge in [-0.3, -0.25) is 9.59 Å². The summed E-state index contributed by atoms with van der Waals surface area (Å²) < 4.78 is 5.05. The second-order valence-electron chi connectivity index (χ2n) is 5.34. The molecular weight excluding hydrogens is 346 g/mol. The number of anilines is 1. The minimum Gasteiger partial charge on any atom is -0.507 e. The summed E-state index contributed by atoms with van der Waals surface area (Å²) in [6, 6.07) is 10.3. The molecule has 0 saturated heterocycles. The van der Waals surface area contributed by atoms with Crippen LogP contribution in [-0.4, -0.2) is 28.9 Å². The van der Waals surface area contributed by atoms with Crippen molar-refractivity contribution in [3.8, 4) is 5.75 Å². The van der Waals surface area contributed by atoms with Crippen LogP contribution in [0.25, 0.3) is 0 Å². The molecule has 0 heterocycles. The maximum Gasteiger partial charge on any atom is 0.342 e. The van der Waals surface area contributed by atoms with Crippen LogP contribution in [0.15, 0.2) is 42.5 Å². The van der Waals surface area contributed by atoms with Crippen LogP contribution in [0.5, 0.6) is 5.75 Å². The normalized spacial score (nSPS) is 11.5. The van der Waals surface area contributed by atoms with Gasteiger partial charge in [-0.1, -0.05) is 23.7 Å². The highest BCUT2D eigenvalue weighted by molar-refractivity contribution is 6.30. The molecule has 2 aromatic carbocycles. The molecule has 6 nitrogen and oxygen atoms in total. The second kappa shape index (κ2) is 7.81. The molecule has 0 bridgehead atoms. The topological polar surface area (TPSA) is 92.7 Å². The number of phenolic OH excluding ortho intramolecular Hbond substituents is 1. The van der Waals surface area contributed by atoms with Crippen molar-refractivity contribution in [2.45, 2.75) is 20.0 Å². The highest BCUT2D eigenvalue weighted by Gasteiger charge is 2.21. The number of Topliss-reactive ketones (excluding diaryl/α,β-unsaturated/α-hetero) is 1. The first kappa shape index (κ1) is 18.5. The van der Waals surface area contributed by atoms with Gasteiger partial charge in [0.15, 0.2) is 11.9 Å². The lowest BCUT2D eigenvalue weighted by Gasteiger charge is -2.14. The minimum atomic E-state index is -1.11. The largest absolute Gasteiger partial charge is 0.507 e. The van der Waals surface area contributed by atoms with Crippen LogP contribution in [0.4, 0.5) is 5.69 Å². The summed E-state index contributed by atoms with van der Waals surface area (Å²) in [5.74, 6) is -1.88. The Morgan fingerprint density at radius 1 is 1.16 bits per heavy atom. The average Bonchev–Trinajstić information content (AvgIpc) is 2.54. The number of ketones is 1. The number of carbonyl (C=O) groups is 3. The van der Waals surface area contributed by atoms with Crippen LogP contribution >= 0.6 is 11.6 Å². The van der Waals surface area contributed by atoms with Crippen LogP contribution in [0.1, 0.15) is 34.6 Å². The number of amides is 1. The van der Waals surface area contributed by atoms with Crippen molar-refractivity contribution in [3.63, 3.8) is 0 Å². The van der Waals surface area contributed by atoms with E-state index in [2.05, 4.69) is 5.32 Å². The first-order valence-corrected chi connectivity index (χ1v) is 7.77. The molecule has 0 fully saturated rings. The summed E-state index contributed by atoms with van der Waals surface area (Å²) in [4.78, 5) is 35.5. The number of halogens is 1. The predicted molar refractivity (Wildman–Crippen MR) is 93.1 cm³/mol. The van der Waals surface area contributed by atoms with Crippen molar-refractivity contribution in [1.82, 2.24) is 0 Å². The zero-order chi connectivity index (χ0) is 18.6. The van der Waals surface area contributed by atoms with Crippen molar-refractivity contribution in [2.24, 2.45) is 0 Å². The quantitative estimate of drug-likeness (QED) is 0.628. The van der Waals surface area contributed by atoms with Crippen molar-refractivity contribution < 1.29 is 24.2 Å². The molecule has 0 radical (unpaired) electrons. The summed E-state index contributed by atoms with van der Waals surface area (Å²) in [5, 5.41) is 12.5. The van der Waals surface area contributed by atoms with E-state index in [1.165, 1.54) is 38.1 Å². The van der Waals surface area contributed by atoms with E-state index in [0.29, 0.717) is 11.3 Å². The van der Waals surface area contributed by atoms with Crippen LogP contribution in [0.2, 0.25) is 5.02 Å². The molecule has 130 valence electrons. The monoisotopic (exact) mass is 361 g/mol. The Hall–Kier alpha value is -2.86. The van der Waals surface area contributed by atoms with Crippen LogP contribution < -0.4 is 5.32 Å². The fourth-order valence-electron chi connectivity index (χ4n) is 2.01. The van der Waals surface area contributed by atoms with Crippen molar-refractivity contribution >= 4 is 34.9 Å². The van der Waals surface area contributed by atoms with Gasteiger partial charge < -0.3 is 15.2 Å². The van der Waals surface area contributed by atoms with Crippen molar-refractivity contribution in [3.05, 3.63) is 58.6 Å². The Morgan fingerprint density at radius 2 is 1.88 bits per heavy atom. The summed E-state index contributed by atoms with van der Waals surface area (Å²) in [5.41, 5.74) is 0.770. The Morgan fingerprint density at radius 3 is 2.52 bits per heavy atom. The van der Waals surface area contributed by atoms with Gasteiger partial charge in [0.05, 0.1) is 0 Å². The van der Waals surface area contributed by atoms with E-state index in [1.54, 1.807) is 18.2 Å². The van der Waals surface area contributed by atoms with Gasteiger partial charge >= 0.3 is 5.97 Å². The number of benzene rings is 2. The van der Waals surface area contributed by atoms with Crippen molar-refractivity contribution in [1.29, 1.82) is 0 Å². The van der Waals surface area contributed by atoms with E-state index in [0.717, 1.165) is 0 Å². The fourth-order valence-corrected chi connectivity index (χ4v) is 2.18. The molecule has 25 heavy (non-hydrogen) atoms. The van der Waals surface area contributed by atoms with Gasteiger partial charge in [-0.2, -0.15) is 0 Å². The maximum absolute atomic E-state index is 12.1. The molecule has 1 unspecified atom stereocenters. The van der Waals surface area contributed by atoms with Gasteiger partial charge in [-0.15, -0.1) is 0 Å². The number of hydrogen-bond acceptors (Lipinski definition) is 5. The van der Waals surface area contributed by atoms with E-state index in [1.807, 2.05) is 0 Å². The highest BCUT2D eigenvalue weighted by Crippen LogP contribution is 2.23. The van der Waals surface area contributed by atoms with Gasteiger partial charge in [0, 0.05) is 16.3 Å². The van der Waals surface area contributed by atoms with E-state index < -0.39 is 18.0 Å². The third-order valence-corrected chi connectivity index (χ3v) is 3.60. The Labute approximate surface area is 149 Å². The van der Waals surface area contributed by atoms with Crippen LogP contribution in [0.3, 0.4) is 0 Å². The molecule has 0 aliphatic heterocycles. The molecule has 0 aliphatic carbocycles. The van der Waals surface area contributed by atoms with Gasteiger partial charge in [-0.05, 0) is 44.2 Å². The number of rotatable bonds is 5. The SMILES string of the molecule is CC(=O)c1cccc(NC(=O)C(C)OC(=O)c2ccc(Cl)cc2O)c1. The van der Waals surface area contributed by atoms with E-state index in [-0.39, 0.29) is 22.1 Å². The van der Waals surface area contributed by atoms with Crippen LogP contribution in [0, 0.1) is 0 Å². The molecule has 0 saturated carbocycles. The molecule has 0 aromatic heterocycles. The van der Waals surface area contributed by atoms with Gasteiger partial charge in [0.25, 0.3) is 5.91 Å². The molecule has 0 spiro atoms. The zero-order valence-electron chi connectivity index (χ0n) is 13.6. The summed E-state index contributed by atoms with van der Waals surface area (Å²) in [6.07, 6.45) is -1.11. The molecule has 2 aromatic rings. The molecule has 2 rings (SSSR count). The lowest BCUT2D eigenvalue weighted by Crippen LogP contribution is -2.30. The number of hydrogen-bond donors (Lipinski definition) is 2. The minimum absolute atomic E-state index is 0.0948. The Kier molecular flexibility index (Phi) is 5.77. The van der Waals surface area contributed by atoms with E-state index >= 15 is 0 Å². The maximum atomic E-state index is 12.1. The van der Waals surface area contributed by atoms with Gasteiger partial charge in [0.1, 0.15) is 11.3 Å². The zero-order valence-corrected chi connectivity index (χ0v) is 14.3. The highest BCUT2D eigenvalue weighted by atomic mass is 35.5. The Bertz CT molecular complexity index is 834. The average molecular weight is 362 g/mol. The van der Waals surface area contributed by atoms with Crippen molar-refractivity contribution in [2.75, 3.05) is 5.32 Å². The number of carbonyl (C=O) groups excluding carboxylic acids is 3. The summed E-state index contributed by atoms with van der Waals surface area (Å²) in [6.45, 7) is 2.82. The molecule has 0 aliphatic rings. The third kappa shape index (κ3) is 4.81. The second-order valence-corrected chi connectivity index (χ2v) is 5.77. The Balaban J connectivity index is 2.03. The molecule has 1 atom stereocenters. The first-order valence-electron chi connectivity index (χ1n) is 7.39. The smallest absolute Gasteiger partial charge is 0.342 e. The summed E-state index contributed by atoms with van der Waals surface area (Å²) in [7, 11) is 0. The van der Waals surface area contributed by atoms with E-state index in [4.69, 9.17) is 16.3 Å². The van der Waals surface area contributed by atoms with Crippen LogP contribution in [-0.2, 0) is 9.53 Å². The molecular formula is C18H16ClNO5. The first-order chi connectivity index (χ1) is 11.8. The van der Waals surface area contributed by atoms with Gasteiger partial charge in [-0.25, -0.2) is 4.79 Å². The number of esters is 1. The van der Waals surface area contributed by atoms with Gasteiger partial charge in [0.2, 0.25) is 0 Å². The standard InChI is InChI=1S/C18H16ClNO5/c1-10(21)12-4-3-5-14(8-12)20-17(23)11(2)25-18(24)15-7-6-13(19)9-16(15)22/h3-9,11,22H,1-2H3,(H,20,23). The molecule has 7 heteroatoms. The third-order valence-electron chi connectivity index (χ3n) is 3.37. The lowest BCUT2D eigenvalue weighted by atomic mass is 10.1. The van der Waals surface area contributed by atoms with E-state index in [9.17, 15) is 19.5 Å². The summed E-state index contributed by atoms with van der Waals surface area (Å²) >= 11 is 5.70. The fraction of sp³-hybridized carbons (Fsp3) is 0.167. The number of nitrogens with one attached hydrogen (secondary N) is 1. The lowest BCUT2D eigenvalue weighted by molar-refractivity contribution is -0.123.